The van der Waals surface area contributed by atoms with Crippen LogP contribution < -0.4 is 5.32 Å². The number of carbonyl (C=O) groups is 2. The number of halogens is 2. The standard InChI is InChI=1S/C25H17BrFNO3/c1-14-19(15-5-3-2-4-6-15)11-16-7-9-18(26)13-20(16)23(14)24(29)28-22-10-8-17(25(30)31)12-21(22)27/h2-13H,1H3,(H,28,29)(H,30,31). The van der Waals surface area contributed by atoms with Gasteiger partial charge in [-0.1, -0.05) is 52.3 Å². The Hall–Kier alpha value is -3.51. The number of carboxylic acid groups (broad SMARTS) is 1. The highest BCUT2D eigenvalue weighted by Gasteiger charge is 2.19. The predicted molar refractivity (Wildman–Crippen MR) is 123 cm³/mol. The van der Waals surface area contributed by atoms with Crippen LogP contribution in [0.1, 0.15) is 26.3 Å². The normalized spacial score (nSPS) is 10.8. The van der Waals surface area contributed by atoms with E-state index in [1.165, 1.54) is 12.1 Å². The molecule has 154 valence electrons. The second kappa shape index (κ2) is 8.32. The van der Waals surface area contributed by atoms with E-state index in [1.54, 1.807) is 0 Å². The molecule has 0 aliphatic rings. The molecule has 0 aromatic heterocycles. The molecular formula is C25H17BrFNO3. The van der Waals surface area contributed by atoms with Gasteiger partial charge in [-0.2, -0.15) is 0 Å². The van der Waals surface area contributed by atoms with Crippen molar-refractivity contribution >= 4 is 44.3 Å². The number of amides is 1. The van der Waals surface area contributed by atoms with Gasteiger partial charge in [0.15, 0.2) is 0 Å². The molecule has 0 fully saturated rings. The number of hydrogen-bond donors (Lipinski definition) is 2. The minimum atomic E-state index is -1.24. The molecule has 2 N–H and O–H groups in total. The molecule has 0 saturated heterocycles. The number of aromatic carboxylic acids is 1. The molecule has 0 unspecified atom stereocenters. The van der Waals surface area contributed by atoms with Crippen LogP contribution in [0, 0.1) is 12.7 Å². The molecular weight excluding hydrogens is 461 g/mol. The quantitative estimate of drug-likeness (QED) is 0.345. The summed E-state index contributed by atoms with van der Waals surface area (Å²) in [6.45, 7) is 1.86. The van der Waals surface area contributed by atoms with E-state index in [0.29, 0.717) is 5.56 Å². The fourth-order valence-electron chi connectivity index (χ4n) is 3.62. The van der Waals surface area contributed by atoms with Crippen LogP contribution in [0.25, 0.3) is 21.9 Å². The third-order valence-corrected chi connectivity index (χ3v) is 5.63. The van der Waals surface area contributed by atoms with Crippen LogP contribution in [0.3, 0.4) is 0 Å². The molecule has 1 amide bonds. The minimum Gasteiger partial charge on any atom is -0.478 e. The average molecular weight is 478 g/mol. The minimum absolute atomic E-state index is 0.0809. The van der Waals surface area contributed by atoms with E-state index in [-0.39, 0.29) is 11.3 Å². The molecule has 0 spiro atoms. The monoisotopic (exact) mass is 477 g/mol. The van der Waals surface area contributed by atoms with Crippen LogP contribution >= 0.6 is 15.9 Å². The van der Waals surface area contributed by atoms with Gasteiger partial charge in [0, 0.05) is 4.47 Å². The van der Waals surface area contributed by atoms with Crippen LogP contribution in [-0.4, -0.2) is 17.0 Å². The molecule has 4 aromatic rings. The Bertz CT molecular complexity index is 1340. The van der Waals surface area contributed by atoms with Gasteiger partial charge in [-0.25, -0.2) is 9.18 Å². The van der Waals surface area contributed by atoms with Gasteiger partial charge in [-0.3, -0.25) is 4.79 Å². The van der Waals surface area contributed by atoms with Crippen molar-refractivity contribution in [1.82, 2.24) is 0 Å². The molecule has 0 heterocycles. The number of anilines is 1. The summed E-state index contributed by atoms with van der Waals surface area (Å²) in [6, 6.07) is 20.8. The SMILES string of the molecule is Cc1c(-c2ccccc2)cc2ccc(Br)cc2c1C(=O)Nc1ccc(C(=O)O)cc1F. The Balaban J connectivity index is 1.85. The first-order valence-corrected chi connectivity index (χ1v) is 10.3. The summed E-state index contributed by atoms with van der Waals surface area (Å²) in [4.78, 5) is 24.4. The summed E-state index contributed by atoms with van der Waals surface area (Å²) in [5.74, 6) is -2.52. The predicted octanol–water partition coefficient (Wildman–Crippen LogP) is 6.67. The fraction of sp³-hybridized carbons (Fsp3) is 0.0400. The van der Waals surface area contributed by atoms with Gasteiger partial charge in [0.1, 0.15) is 5.82 Å². The number of benzene rings is 4. The van der Waals surface area contributed by atoms with Crippen LogP contribution in [0.15, 0.2) is 77.3 Å². The number of rotatable bonds is 4. The Morgan fingerprint density at radius 1 is 0.968 bits per heavy atom. The third-order valence-electron chi connectivity index (χ3n) is 5.14. The lowest BCUT2D eigenvalue weighted by Crippen LogP contribution is -2.16. The molecule has 4 aromatic carbocycles. The second-order valence-electron chi connectivity index (χ2n) is 7.11. The molecule has 0 bridgehead atoms. The van der Waals surface area contributed by atoms with Gasteiger partial charge in [0.05, 0.1) is 16.8 Å². The van der Waals surface area contributed by atoms with Crippen molar-refractivity contribution in [2.24, 2.45) is 0 Å². The van der Waals surface area contributed by atoms with E-state index in [4.69, 9.17) is 5.11 Å². The van der Waals surface area contributed by atoms with E-state index >= 15 is 0 Å². The molecule has 4 nitrogen and oxygen atoms in total. The smallest absolute Gasteiger partial charge is 0.335 e. The van der Waals surface area contributed by atoms with Crippen molar-refractivity contribution in [3.05, 3.63) is 99.8 Å². The second-order valence-corrected chi connectivity index (χ2v) is 8.03. The van der Waals surface area contributed by atoms with Gasteiger partial charge in [0.25, 0.3) is 5.91 Å². The zero-order valence-electron chi connectivity index (χ0n) is 16.4. The molecule has 0 atom stereocenters. The summed E-state index contributed by atoms with van der Waals surface area (Å²) in [7, 11) is 0. The van der Waals surface area contributed by atoms with Crippen molar-refractivity contribution in [3.63, 3.8) is 0 Å². The maximum Gasteiger partial charge on any atom is 0.335 e. The first-order valence-electron chi connectivity index (χ1n) is 9.47. The zero-order chi connectivity index (χ0) is 22.1. The maximum atomic E-state index is 14.4. The van der Waals surface area contributed by atoms with E-state index in [1.807, 2.05) is 61.5 Å². The van der Waals surface area contributed by atoms with Crippen LogP contribution in [0.2, 0.25) is 0 Å². The van der Waals surface area contributed by atoms with E-state index in [0.717, 1.165) is 38.0 Å². The van der Waals surface area contributed by atoms with Gasteiger partial charge in [0.2, 0.25) is 0 Å². The van der Waals surface area contributed by atoms with E-state index in [9.17, 15) is 14.0 Å². The molecule has 0 aliphatic carbocycles. The Kier molecular flexibility index (Phi) is 5.57. The largest absolute Gasteiger partial charge is 0.478 e. The molecule has 0 radical (unpaired) electrons. The Labute approximate surface area is 186 Å². The summed E-state index contributed by atoms with van der Waals surface area (Å²) in [5, 5.41) is 13.2. The van der Waals surface area contributed by atoms with Gasteiger partial charge >= 0.3 is 5.97 Å². The topological polar surface area (TPSA) is 66.4 Å². The number of nitrogens with one attached hydrogen (secondary N) is 1. The molecule has 0 saturated carbocycles. The Morgan fingerprint density at radius 3 is 2.39 bits per heavy atom. The van der Waals surface area contributed by atoms with Gasteiger partial charge < -0.3 is 10.4 Å². The summed E-state index contributed by atoms with van der Waals surface area (Å²) in [5.41, 5.74) is 2.80. The number of hydrogen-bond acceptors (Lipinski definition) is 2. The number of carboxylic acids is 1. The van der Waals surface area contributed by atoms with Crippen molar-refractivity contribution < 1.29 is 19.1 Å². The lowest BCUT2D eigenvalue weighted by molar-refractivity contribution is 0.0696. The number of fused-ring (bicyclic) bond motifs is 1. The van der Waals surface area contributed by atoms with E-state index in [2.05, 4.69) is 21.2 Å². The van der Waals surface area contributed by atoms with Crippen molar-refractivity contribution in [3.8, 4) is 11.1 Å². The lowest BCUT2D eigenvalue weighted by atomic mass is 9.91. The highest BCUT2D eigenvalue weighted by Crippen LogP contribution is 2.34. The lowest BCUT2D eigenvalue weighted by Gasteiger charge is -2.16. The highest BCUT2D eigenvalue weighted by molar-refractivity contribution is 9.10. The van der Waals surface area contributed by atoms with Gasteiger partial charge in [-0.15, -0.1) is 0 Å². The first-order chi connectivity index (χ1) is 14.8. The van der Waals surface area contributed by atoms with E-state index < -0.39 is 17.7 Å². The number of carbonyl (C=O) groups excluding carboxylic acids is 1. The van der Waals surface area contributed by atoms with Crippen molar-refractivity contribution in [1.29, 1.82) is 0 Å². The summed E-state index contributed by atoms with van der Waals surface area (Å²) >= 11 is 3.46. The van der Waals surface area contributed by atoms with Crippen molar-refractivity contribution in [2.45, 2.75) is 6.92 Å². The van der Waals surface area contributed by atoms with Crippen molar-refractivity contribution in [2.75, 3.05) is 5.32 Å². The summed E-state index contributed by atoms with van der Waals surface area (Å²) in [6.07, 6.45) is 0. The van der Waals surface area contributed by atoms with Crippen LogP contribution in [0.5, 0.6) is 0 Å². The first kappa shape index (κ1) is 20.8. The highest BCUT2D eigenvalue weighted by atomic mass is 79.9. The molecule has 0 aliphatic heterocycles. The Morgan fingerprint density at radius 2 is 1.71 bits per heavy atom. The average Bonchev–Trinajstić information content (AvgIpc) is 2.75. The van der Waals surface area contributed by atoms with Crippen LogP contribution in [-0.2, 0) is 0 Å². The molecule has 6 heteroatoms. The molecule has 31 heavy (non-hydrogen) atoms. The summed E-state index contributed by atoms with van der Waals surface area (Å²) < 4.78 is 15.2. The molecule has 4 rings (SSSR count). The van der Waals surface area contributed by atoms with Crippen LogP contribution in [0.4, 0.5) is 10.1 Å². The fourth-order valence-corrected chi connectivity index (χ4v) is 3.98. The zero-order valence-corrected chi connectivity index (χ0v) is 18.0. The maximum absolute atomic E-state index is 14.4. The van der Waals surface area contributed by atoms with Gasteiger partial charge in [-0.05, 0) is 70.8 Å². The third kappa shape index (κ3) is 4.07.